The molecule has 2 rings (SSSR count). The van der Waals surface area contributed by atoms with E-state index in [1.165, 1.54) is 0 Å². The Morgan fingerprint density at radius 3 is 3.00 bits per heavy atom. The van der Waals surface area contributed by atoms with Crippen molar-refractivity contribution in [2.45, 2.75) is 12.6 Å². The number of hydrogen-bond donors (Lipinski definition) is 1. The van der Waals surface area contributed by atoms with E-state index in [2.05, 4.69) is 4.98 Å². The van der Waals surface area contributed by atoms with Crippen molar-refractivity contribution < 1.29 is 24.1 Å². The van der Waals surface area contributed by atoms with Crippen LogP contribution in [0.5, 0.6) is 11.5 Å². The zero-order valence-corrected chi connectivity index (χ0v) is 11.5. The highest BCUT2D eigenvalue weighted by Gasteiger charge is 2.27. The lowest BCUT2D eigenvalue weighted by Gasteiger charge is -2.30. The summed E-state index contributed by atoms with van der Waals surface area (Å²) in [6.45, 7) is 1.87. The van der Waals surface area contributed by atoms with Gasteiger partial charge in [0.1, 0.15) is 5.69 Å². The maximum atomic E-state index is 11.0. The van der Waals surface area contributed by atoms with Crippen molar-refractivity contribution in [2.24, 2.45) is 0 Å². The molecule has 0 bridgehead atoms. The molecule has 7 heteroatoms. The molecule has 110 valence electrons. The fraction of sp³-hybridized carbons (Fsp3) is 0.538. The van der Waals surface area contributed by atoms with E-state index in [9.17, 15) is 4.79 Å². The molecular formula is C13H18N2O5. The van der Waals surface area contributed by atoms with Crippen LogP contribution >= 0.6 is 0 Å². The summed E-state index contributed by atoms with van der Waals surface area (Å²) in [5, 5.41) is 8.99. The third kappa shape index (κ3) is 3.17. The Bertz CT molecular complexity index is 480. The van der Waals surface area contributed by atoms with Crippen LogP contribution in [-0.4, -0.2) is 61.0 Å². The maximum absolute atomic E-state index is 11.0. The number of carboxylic acid groups (broad SMARTS) is 1. The van der Waals surface area contributed by atoms with Crippen molar-refractivity contribution in [3.05, 3.63) is 18.0 Å². The van der Waals surface area contributed by atoms with Crippen LogP contribution in [0.4, 0.5) is 0 Å². The zero-order chi connectivity index (χ0) is 14.5. The normalized spacial score (nSPS) is 19.6. The van der Waals surface area contributed by atoms with Gasteiger partial charge >= 0.3 is 5.97 Å². The minimum Gasteiger partial charge on any atom is -0.493 e. The van der Waals surface area contributed by atoms with Crippen molar-refractivity contribution in [2.75, 3.05) is 33.9 Å². The second kappa shape index (κ2) is 6.53. The summed E-state index contributed by atoms with van der Waals surface area (Å²) in [5.74, 6) is 0.245. The molecule has 1 aliphatic heterocycles. The van der Waals surface area contributed by atoms with E-state index in [1.54, 1.807) is 26.5 Å². The molecule has 1 unspecified atom stereocenters. The van der Waals surface area contributed by atoms with Crippen LogP contribution < -0.4 is 9.47 Å². The van der Waals surface area contributed by atoms with Gasteiger partial charge in [0.05, 0.1) is 20.8 Å². The van der Waals surface area contributed by atoms with Crippen LogP contribution in [0.2, 0.25) is 0 Å². The van der Waals surface area contributed by atoms with Gasteiger partial charge in [-0.25, -0.2) is 4.79 Å². The predicted molar refractivity (Wildman–Crippen MR) is 70.0 cm³/mol. The number of morpholine rings is 1. The molecule has 2 heterocycles. The van der Waals surface area contributed by atoms with Crippen LogP contribution in [0.25, 0.3) is 0 Å². The number of nitrogens with zero attached hydrogens (tertiary/aromatic N) is 2. The molecule has 1 atom stereocenters. The Morgan fingerprint density at radius 2 is 2.35 bits per heavy atom. The molecule has 0 radical (unpaired) electrons. The monoisotopic (exact) mass is 282 g/mol. The number of carboxylic acids is 1. The zero-order valence-electron chi connectivity index (χ0n) is 11.5. The third-order valence-corrected chi connectivity index (χ3v) is 3.17. The predicted octanol–water partition coefficient (Wildman–Crippen LogP) is 0.384. The molecule has 1 aliphatic rings. The average Bonchev–Trinajstić information content (AvgIpc) is 2.47. The first-order valence-electron chi connectivity index (χ1n) is 6.28. The summed E-state index contributed by atoms with van der Waals surface area (Å²) in [4.78, 5) is 17.2. The molecule has 20 heavy (non-hydrogen) atoms. The second-order valence-electron chi connectivity index (χ2n) is 4.43. The van der Waals surface area contributed by atoms with Gasteiger partial charge in [-0.2, -0.15) is 0 Å². The van der Waals surface area contributed by atoms with E-state index < -0.39 is 12.1 Å². The molecule has 7 nitrogen and oxygen atoms in total. The number of ether oxygens (including phenoxy) is 3. The Hall–Kier alpha value is -1.86. The lowest BCUT2D eigenvalue weighted by atomic mass is 10.2. The highest BCUT2D eigenvalue weighted by molar-refractivity contribution is 5.72. The minimum atomic E-state index is -0.944. The Morgan fingerprint density at radius 1 is 1.55 bits per heavy atom. The first kappa shape index (κ1) is 14.5. The van der Waals surface area contributed by atoms with E-state index in [0.29, 0.717) is 37.7 Å². The average molecular weight is 282 g/mol. The molecular weight excluding hydrogens is 264 g/mol. The smallest absolute Gasteiger partial charge is 0.334 e. The van der Waals surface area contributed by atoms with Crippen molar-refractivity contribution >= 4 is 5.97 Å². The van der Waals surface area contributed by atoms with Crippen molar-refractivity contribution in [1.82, 2.24) is 9.88 Å². The number of aromatic nitrogens is 1. The maximum Gasteiger partial charge on any atom is 0.334 e. The van der Waals surface area contributed by atoms with Gasteiger partial charge in [-0.3, -0.25) is 9.88 Å². The van der Waals surface area contributed by atoms with Gasteiger partial charge in [0, 0.05) is 31.9 Å². The molecule has 1 saturated heterocycles. The molecule has 1 N–H and O–H groups in total. The standard InChI is InChI=1S/C13H18N2O5/c1-18-10-3-4-14-9(12(10)19-2)7-15-5-6-20-11(8-15)13(16)17/h3-4,11H,5-8H2,1-2H3,(H,16,17). The van der Waals surface area contributed by atoms with Crippen LogP contribution in [0.1, 0.15) is 5.69 Å². The van der Waals surface area contributed by atoms with Gasteiger partial charge < -0.3 is 19.3 Å². The number of pyridine rings is 1. The van der Waals surface area contributed by atoms with Gasteiger partial charge in [-0.05, 0) is 0 Å². The minimum absolute atomic E-state index is 0.331. The first-order valence-corrected chi connectivity index (χ1v) is 6.28. The van der Waals surface area contributed by atoms with E-state index in [4.69, 9.17) is 19.3 Å². The molecule has 1 aromatic rings. The molecule has 1 fully saturated rings. The molecule has 1 aromatic heterocycles. The van der Waals surface area contributed by atoms with Crippen molar-refractivity contribution in [1.29, 1.82) is 0 Å². The number of carbonyl (C=O) groups is 1. The van der Waals surface area contributed by atoms with Crippen LogP contribution in [-0.2, 0) is 16.1 Å². The Kier molecular flexibility index (Phi) is 4.75. The van der Waals surface area contributed by atoms with Gasteiger partial charge in [0.25, 0.3) is 0 Å². The Labute approximate surface area is 117 Å². The van der Waals surface area contributed by atoms with Crippen molar-refractivity contribution in [3.63, 3.8) is 0 Å². The quantitative estimate of drug-likeness (QED) is 0.836. The molecule has 0 amide bonds. The van der Waals surface area contributed by atoms with Gasteiger partial charge in [0.15, 0.2) is 17.6 Å². The second-order valence-corrected chi connectivity index (χ2v) is 4.43. The number of rotatable bonds is 5. The van der Waals surface area contributed by atoms with Crippen LogP contribution in [0.15, 0.2) is 12.3 Å². The largest absolute Gasteiger partial charge is 0.493 e. The summed E-state index contributed by atoms with van der Waals surface area (Å²) < 4.78 is 15.7. The van der Waals surface area contributed by atoms with Gasteiger partial charge in [-0.15, -0.1) is 0 Å². The first-order chi connectivity index (χ1) is 9.65. The van der Waals surface area contributed by atoms with Gasteiger partial charge in [0.2, 0.25) is 0 Å². The van der Waals surface area contributed by atoms with Gasteiger partial charge in [-0.1, -0.05) is 0 Å². The van der Waals surface area contributed by atoms with E-state index in [0.717, 1.165) is 5.69 Å². The highest BCUT2D eigenvalue weighted by atomic mass is 16.5. The molecule has 0 spiro atoms. The summed E-state index contributed by atoms with van der Waals surface area (Å²) in [7, 11) is 3.12. The SMILES string of the molecule is COc1ccnc(CN2CCOC(C(=O)O)C2)c1OC. The number of aliphatic carboxylic acids is 1. The summed E-state index contributed by atoms with van der Waals surface area (Å²) >= 11 is 0. The van der Waals surface area contributed by atoms with Crippen LogP contribution in [0.3, 0.4) is 0 Å². The molecule has 0 aliphatic carbocycles. The number of methoxy groups -OCH3 is 2. The van der Waals surface area contributed by atoms with Crippen molar-refractivity contribution in [3.8, 4) is 11.5 Å². The highest BCUT2D eigenvalue weighted by Crippen LogP contribution is 2.30. The summed E-state index contributed by atoms with van der Waals surface area (Å²) in [5.41, 5.74) is 0.720. The lowest BCUT2D eigenvalue weighted by molar-refractivity contribution is -0.156. The fourth-order valence-electron chi connectivity index (χ4n) is 2.17. The fourth-order valence-corrected chi connectivity index (χ4v) is 2.17. The summed E-state index contributed by atoms with van der Waals surface area (Å²) in [6, 6.07) is 1.72. The number of hydrogen-bond acceptors (Lipinski definition) is 6. The lowest BCUT2D eigenvalue weighted by Crippen LogP contribution is -2.45. The third-order valence-electron chi connectivity index (χ3n) is 3.17. The molecule has 0 saturated carbocycles. The van der Waals surface area contributed by atoms with Crippen LogP contribution in [0, 0.1) is 0 Å². The van der Waals surface area contributed by atoms with E-state index >= 15 is 0 Å². The Balaban J connectivity index is 2.11. The summed E-state index contributed by atoms with van der Waals surface area (Å²) in [6.07, 6.45) is 0.853. The van der Waals surface area contributed by atoms with E-state index in [1.807, 2.05) is 4.90 Å². The molecule has 0 aromatic carbocycles. The van der Waals surface area contributed by atoms with E-state index in [-0.39, 0.29) is 0 Å². The topological polar surface area (TPSA) is 81.1 Å².